The van der Waals surface area contributed by atoms with Crippen molar-refractivity contribution in [1.29, 1.82) is 0 Å². The molecule has 1 unspecified atom stereocenters. The number of nitrogen functional groups attached to an aromatic ring is 1. The molecule has 0 aliphatic carbocycles. The summed E-state index contributed by atoms with van der Waals surface area (Å²) in [5, 5.41) is 0.650. The Balaban J connectivity index is 1.68. The molecule has 3 aromatic rings. The van der Waals surface area contributed by atoms with E-state index in [-0.39, 0.29) is 11.5 Å². The summed E-state index contributed by atoms with van der Waals surface area (Å²) in [6.07, 6.45) is 0.602. The van der Waals surface area contributed by atoms with Crippen molar-refractivity contribution in [3.63, 3.8) is 0 Å². The number of hydrogen-bond acceptors (Lipinski definition) is 6. The fourth-order valence-corrected chi connectivity index (χ4v) is 3.69. The molecule has 6 nitrogen and oxygen atoms in total. The molecule has 0 spiro atoms. The van der Waals surface area contributed by atoms with E-state index in [4.69, 9.17) is 15.2 Å². The molecular weight excluding hydrogens is 366 g/mol. The number of fused-ring (bicyclic) bond motifs is 1. The summed E-state index contributed by atoms with van der Waals surface area (Å²) in [5.41, 5.74) is 6.87. The zero-order valence-corrected chi connectivity index (χ0v) is 15.6. The molecule has 28 heavy (non-hydrogen) atoms. The molecule has 1 saturated heterocycles. The van der Waals surface area contributed by atoms with E-state index in [1.165, 1.54) is 18.2 Å². The molecule has 146 valence electrons. The second-order valence-electron chi connectivity index (χ2n) is 6.70. The van der Waals surface area contributed by atoms with Crippen LogP contribution in [-0.4, -0.2) is 37.3 Å². The van der Waals surface area contributed by atoms with Crippen LogP contribution in [0, 0.1) is 11.6 Å². The summed E-state index contributed by atoms with van der Waals surface area (Å²) < 4.78 is 38.9. The van der Waals surface area contributed by atoms with Crippen molar-refractivity contribution in [2.24, 2.45) is 0 Å². The summed E-state index contributed by atoms with van der Waals surface area (Å²) >= 11 is 0. The van der Waals surface area contributed by atoms with Crippen LogP contribution in [0.5, 0.6) is 11.5 Å². The van der Waals surface area contributed by atoms with Crippen LogP contribution in [-0.2, 0) is 0 Å². The van der Waals surface area contributed by atoms with E-state index < -0.39 is 11.6 Å². The Kier molecular flexibility index (Phi) is 4.62. The third-order valence-electron chi connectivity index (χ3n) is 5.10. The predicted octanol–water partition coefficient (Wildman–Crippen LogP) is 3.50. The molecular formula is C20H20F2N4O2. The molecule has 2 N–H and O–H groups in total. The monoisotopic (exact) mass is 386 g/mol. The van der Waals surface area contributed by atoms with E-state index in [1.54, 1.807) is 26.4 Å². The van der Waals surface area contributed by atoms with Crippen LogP contribution in [0.3, 0.4) is 0 Å². The largest absolute Gasteiger partial charge is 0.493 e. The van der Waals surface area contributed by atoms with E-state index in [9.17, 15) is 8.78 Å². The average Bonchev–Trinajstić information content (AvgIpc) is 3.16. The Morgan fingerprint density at radius 3 is 2.43 bits per heavy atom. The lowest BCUT2D eigenvalue weighted by molar-refractivity contribution is 0.356. The van der Waals surface area contributed by atoms with Crippen LogP contribution >= 0.6 is 0 Å². The minimum absolute atomic E-state index is 0.116. The minimum Gasteiger partial charge on any atom is -0.493 e. The van der Waals surface area contributed by atoms with E-state index in [1.807, 2.05) is 4.90 Å². The fourth-order valence-electron chi connectivity index (χ4n) is 3.69. The normalized spacial score (nSPS) is 16.6. The fraction of sp³-hybridized carbons (Fsp3) is 0.300. The van der Waals surface area contributed by atoms with Crippen LogP contribution in [0.1, 0.15) is 17.9 Å². The first-order valence-corrected chi connectivity index (χ1v) is 8.90. The third-order valence-corrected chi connectivity index (χ3v) is 5.10. The van der Waals surface area contributed by atoms with E-state index in [0.29, 0.717) is 53.7 Å². The molecule has 1 atom stereocenters. The summed E-state index contributed by atoms with van der Waals surface area (Å²) in [6, 6.07) is 7.40. The van der Waals surface area contributed by atoms with Crippen LogP contribution in [0.25, 0.3) is 10.9 Å². The van der Waals surface area contributed by atoms with Gasteiger partial charge in [-0.1, -0.05) is 6.07 Å². The molecule has 0 radical (unpaired) electrons. The highest BCUT2D eigenvalue weighted by molar-refractivity contribution is 5.91. The van der Waals surface area contributed by atoms with Gasteiger partial charge in [-0.2, -0.15) is 4.98 Å². The minimum atomic E-state index is -0.525. The van der Waals surface area contributed by atoms with Gasteiger partial charge in [-0.25, -0.2) is 13.8 Å². The quantitative estimate of drug-likeness (QED) is 0.740. The van der Waals surface area contributed by atoms with Crippen molar-refractivity contribution < 1.29 is 18.3 Å². The predicted molar refractivity (Wildman–Crippen MR) is 103 cm³/mol. The number of aromatic nitrogens is 2. The molecule has 1 aromatic heterocycles. The van der Waals surface area contributed by atoms with Crippen molar-refractivity contribution in [2.75, 3.05) is 37.9 Å². The molecule has 1 aliphatic heterocycles. The number of nitrogens with zero attached hydrogens (tertiary/aromatic N) is 3. The molecule has 2 heterocycles. The maximum absolute atomic E-state index is 14.1. The maximum Gasteiger partial charge on any atom is 0.227 e. The van der Waals surface area contributed by atoms with Crippen LogP contribution in [0.15, 0.2) is 30.3 Å². The first-order chi connectivity index (χ1) is 13.5. The Hall–Kier alpha value is -3.16. The van der Waals surface area contributed by atoms with Gasteiger partial charge in [0.25, 0.3) is 0 Å². The first-order valence-electron chi connectivity index (χ1n) is 8.90. The molecule has 4 rings (SSSR count). The van der Waals surface area contributed by atoms with Crippen LogP contribution in [0.2, 0.25) is 0 Å². The smallest absolute Gasteiger partial charge is 0.227 e. The lowest BCUT2D eigenvalue weighted by atomic mass is 9.97. The topological polar surface area (TPSA) is 73.5 Å². The Morgan fingerprint density at radius 2 is 1.75 bits per heavy atom. The van der Waals surface area contributed by atoms with Crippen molar-refractivity contribution >= 4 is 22.7 Å². The third kappa shape index (κ3) is 3.04. The standard InChI is InChI=1S/C20H20F2N4O2/c1-27-16-8-12-15(9-17(16)28-2)24-20(25-19(12)23)26-7-6-11(10-26)18-13(21)4-3-5-14(18)22/h3-5,8-9,11H,6-7,10H2,1-2H3,(H2,23,24,25). The van der Waals surface area contributed by atoms with Gasteiger partial charge < -0.3 is 20.1 Å². The number of ether oxygens (including phenoxy) is 2. The van der Waals surface area contributed by atoms with Gasteiger partial charge in [0, 0.05) is 36.0 Å². The highest BCUT2D eigenvalue weighted by Crippen LogP contribution is 2.36. The van der Waals surface area contributed by atoms with Gasteiger partial charge in [0.2, 0.25) is 5.95 Å². The van der Waals surface area contributed by atoms with Crippen LogP contribution in [0.4, 0.5) is 20.5 Å². The molecule has 0 saturated carbocycles. The number of methoxy groups -OCH3 is 2. The van der Waals surface area contributed by atoms with Gasteiger partial charge in [0.1, 0.15) is 17.5 Å². The second kappa shape index (κ2) is 7.10. The average molecular weight is 386 g/mol. The van der Waals surface area contributed by atoms with E-state index in [2.05, 4.69) is 9.97 Å². The lowest BCUT2D eigenvalue weighted by Gasteiger charge is -2.18. The number of nitrogens with two attached hydrogens (primary N) is 1. The number of anilines is 2. The van der Waals surface area contributed by atoms with Gasteiger partial charge in [-0.05, 0) is 24.6 Å². The molecule has 0 amide bonds. The number of rotatable bonds is 4. The van der Waals surface area contributed by atoms with Gasteiger partial charge in [-0.15, -0.1) is 0 Å². The van der Waals surface area contributed by atoms with E-state index >= 15 is 0 Å². The Labute approximate surface area is 160 Å². The molecule has 1 aliphatic rings. The number of hydrogen-bond donors (Lipinski definition) is 1. The maximum atomic E-state index is 14.1. The number of benzene rings is 2. The van der Waals surface area contributed by atoms with Crippen LogP contribution < -0.4 is 20.1 Å². The first kappa shape index (κ1) is 18.2. The van der Waals surface area contributed by atoms with Crippen molar-refractivity contribution in [3.8, 4) is 11.5 Å². The molecule has 2 aromatic carbocycles. The summed E-state index contributed by atoms with van der Waals surface area (Å²) in [4.78, 5) is 10.9. The molecule has 1 fully saturated rings. The van der Waals surface area contributed by atoms with Crippen molar-refractivity contribution in [2.45, 2.75) is 12.3 Å². The van der Waals surface area contributed by atoms with Gasteiger partial charge in [0.15, 0.2) is 11.5 Å². The second-order valence-corrected chi connectivity index (χ2v) is 6.70. The molecule has 0 bridgehead atoms. The zero-order valence-electron chi connectivity index (χ0n) is 15.6. The summed E-state index contributed by atoms with van der Waals surface area (Å²) in [5.74, 6) is 0.483. The van der Waals surface area contributed by atoms with Gasteiger partial charge >= 0.3 is 0 Å². The Bertz CT molecular complexity index is 1020. The Morgan fingerprint density at radius 1 is 1.07 bits per heavy atom. The lowest BCUT2D eigenvalue weighted by Crippen LogP contribution is -2.22. The number of halogens is 2. The summed E-state index contributed by atoms with van der Waals surface area (Å²) in [6.45, 7) is 0.993. The zero-order chi connectivity index (χ0) is 19.8. The summed E-state index contributed by atoms with van der Waals surface area (Å²) in [7, 11) is 3.09. The van der Waals surface area contributed by atoms with Crippen molar-refractivity contribution in [1.82, 2.24) is 9.97 Å². The van der Waals surface area contributed by atoms with Gasteiger partial charge in [-0.3, -0.25) is 0 Å². The highest BCUT2D eigenvalue weighted by Gasteiger charge is 2.30. The SMILES string of the molecule is COc1cc2nc(N3CCC(c4c(F)cccc4F)C3)nc(N)c2cc1OC. The van der Waals surface area contributed by atoms with Gasteiger partial charge in [0.05, 0.1) is 19.7 Å². The molecule has 8 heteroatoms. The van der Waals surface area contributed by atoms with Crippen molar-refractivity contribution in [3.05, 3.63) is 47.5 Å². The highest BCUT2D eigenvalue weighted by atomic mass is 19.1. The van der Waals surface area contributed by atoms with E-state index in [0.717, 1.165) is 0 Å².